The van der Waals surface area contributed by atoms with E-state index in [9.17, 15) is 4.79 Å². The van der Waals surface area contributed by atoms with Gasteiger partial charge in [0.25, 0.3) is 0 Å². The Morgan fingerprint density at radius 1 is 1.53 bits per heavy atom. The zero-order chi connectivity index (χ0) is 12.4. The Hall–Kier alpha value is -1.23. The number of rotatable bonds is 2. The van der Waals surface area contributed by atoms with Crippen LogP contribution in [0.5, 0.6) is 0 Å². The van der Waals surface area contributed by atoms with Gasteiger partial charge in [-0.05, 0) is 47.0 Å². The summed E-state index contributed by atoms with van der Waals surface area (Å²) < 4.78 is 0.956. The van der Waals surface area contributed by atoms with Crippen molar-refractivity contribution in [3.05, 3.63) is 22.2 Å². The van der Waals surface area contributed by atoms with E-state index < -0.39 is 0 Å². The highest BCUT2D eigenvalue weighted by molar-refractivity contribution is 9.10. The molecule has 1 unspecified atom stereocenters. The van der Waals surface area contributed by atoms with E-state index >= 15 is 0 Å². The number of nitrogens with two attached hydrogens (primary N) is 1. The van der Waals surface area contributed by atoms with Gasteiger partial charge < -0.3 is 16.4 Å². The summed E-state index contributed by atoms with van der Waals surface area (Å²) in [5, 5.41) is 6.28. The maximum Gasteiger partial charge on any atom is 0.220 e. The number of anilines is 2. The Morgan fingerprint density at radius 3 is 2.94 bits per heavy atom. The molecule has 5 heteroatoms. The van der Waals surface area contributed by atoms with Crippen LogP contribution < -0.4 is 16.4 Å². The number of carbonyl (C=O) groups is 1. The topological polar surface area (TPSA) is 67.2 Å². The molecule has 1 aliphatic heterocycles. The van der Waals surface area contributed by atoms with Crippen molar-refractivity contribution in [3.8, 4) is 0 Å². The van der Waals surface area contributed by atoms with E-state index in [2.05, 4.69) is 26.6 Å². The van der Waals surface area contributed by atoms with Crippen LogP contribution in [-0.4, -0.2) is 18.5 Å². The minimum Gasteiger partial charge on any atom is -0.398 e. The molecule has 1 aliphatic rings. The normalized spacial score (nSPS) is 19.9. The molecule has 2 rings (SSSR count). The van der Waals surface area contributed by atoms with E-state index in [-0.39, 0.29) is 11.9 Å². The molecule has 0 bridgehead atoms. The number of nitrogen functional groups attached to an aromatic ring is 1. The molecule has 0 spiro atoms. The van der Waals surface area contributed by atoms with Crippen molar-refractivity contribution in [2.24, 2.45) is 0 Å². The average molecular weight is 298 g/mol. The quantitative estimate of drug-likeness (QED) is 0.732. The second kappa shape index (κ2) is 4.96. The third-order valence-corrected chi connectivity index (χ3v) is 3.64. The van der Waals surface area contributed by atoms with E-state index in [1.807, 2.05) is 19.1 Å². The van der Waals surface area contributed by atoms with Crippen molar-refractivity contribution in [2.45, 2.75) is 25.8 Å². The summed E-state index contributed by atoms with van der Waals surface area (Å²) in [7, 11) is 0. The predicted octanol–water partition coefficient (Wildman–Crippen LogP) is 2.03. The van der Waals surface area contributed by atoms with Crippen LogP contribution in [0.3, 0.4) is 0 Å². The highest BCUT2D eigenvalue weighted by atomic mass is 79.9. The van der Waals surface area contributed by atoms with Crippen LogP contribution in [0.1, 0.15) is 18.4 Å². The summed E-state index contributed by atoms with van der Waals surface area (Å²) in [5.74, 6) is 0.135. The van der Waals surface area contributed by atoms with Gasteiger partial charge >= 0.3 is 0 Å². The van der Waals surface area contributed by atoms with Crippen molar-refractivity contribution in [2.75, 3.05) is 17.6 Å². The van der Waals surface area contributed by atoms with Gasteiger partial charge in [0.2, 0.25) is 5.91 Å². The molecule has 92 valence electrons. The van der Waals surface area contributed by atoms with Gasteiger partial charge in [0.1, 0.15) is 0 Å². The fraction of sp³-hybridized carbons (Fsp3) is 0.417. The lowest BCUT2D eigenvalue weighted by Crippen LogP contribution is -2.41. The summed E-state index contributed by atoms with van der Waals surface area (Å²) in [6.07, 6.45) is 1.45. The molecule has 0 saturated carbocycles. The first-order valence-electron chi connectivity index (χ1n) is 5.65. The minimum absolute atomic E-state index is 0.135. The molecule has 1 saturated heterocycles. The molecular formula is C12H16BrN3O. The summed E-state index contributed by atoms with van der Waals surface area (Å²) in [6.45, 7) is 2.66. The van der Waals surface area contributed by atoms with Gasteiger partial charge in [0.05, 0.1) is 0 Å². The largest absolute Gasteiger partial charge is 0.398 e. The smallest absolute Gasteiger partial charge is 0.220 e. The summed E-state index contributed by atoms with van der Waals surface area (Å²) in [4.78, 5) is 11.1. The van der Waals surface area contributed by atoms with E-state index in [1.165, 1.54) is 0 Å². The van der Waals surface area contributed by atoms with Gasteiger partial charge in [-0.1, -0.05) is 0 Å². The van der Waals surface area contributed by atoms with Crippen LogP contribution in [0, 0.1) is 6.92 Å². The first-order chi connectivity index (χ1) is 8.06. The summed E-state index contributed by atoms with van der Waals surface area (Å²) in [5.41, 5.74) is 8.68. The van der Waals surface area contributed by atoms with Gasteiger partial charge in [-0.15, -0.1) is 0 Å². The van der Waals surface area contributed by atoms with Crippen molar-refractivity contribution in [1.82, 2.24) is 5.32 Å². The van der Waals surface area contributed by atoms with Crippen molar-refractivity contribution in [1.29, 1.82) is 0 Å². The molecule has 1 aromatic carbocycles. The first kappa shape index (κ1) is 12.2. The predicted molar refractivity (Wildman–Crippen MR) is 72.9 cm³/mol. The molecule has 0 aromatic heterocycles. The number of nitrogens with one attached hydrogen (secondary N) is 2. The maximum atomic E-state index is 11.1. The molecule has 1 amide bonds. The van der Waals surface area contributed by atoms with Gasteiger partial charge in [-0.25, -0.2) is 0 Å². The zero-order valence-corrected chi connectivity index (χ0v) is 11.3. The Kier molecular flexibility index (Phi) is 3.57. The van der Waals surface area contributed by atoms with Gasteiger partial charge in [-0.2, -0.15) is 0 Å². The molecule has 17 heavy (non-hydrogen) atoms. The Bertz CT molecular complexity index is 438. The molecule has 0 aliphatic carbocycles. The second-order valence-corrected chi connectivity index (χ2v) is 5.23. The molecule has 1 heterocycles. The van der Waals surface area contributed by atoms with Crippen LogP contribution >= 0.6 is 15.9 Å². The number of benzene rings is 1. The number of hydrogen-bond acceptors (Lipinski definition) is 3. The number of piperidine rings is 1. The lowest BCUT2D eigenvalue weighted by molar-refractivity contribution is -0.122. The van der Waals surface area contributed by atoms with E-state index in [1.54, 1.807) is 0 Å². The Balaban J connectivity index is 2.08. The van der Waals surface area contributed by atoms with Gasteiger partial charge in [0, 0.05) is 34.9 Å². The first-order valence-corrected chi connectivity index (χ1v) is 6.44. The van der Waals surface area contributed by atoms with E-state index in [4.69, 9.17) is 5.73 Å². The second-order valence-electron chi connectivity index (χ2n) is 4.37. The van der Waals surface area contributed by atoms with Crippen LogP contribution in [0.25, 0.3) is 0 Å². The highest BCUT2D eigenvalue weighted by Gasteiger charge is 2.18. The van der Waals surface area contributed by atoms with Crippen molar-refractivity contribution < 1.29 is 4.79 Å². The SMILES string of the molecule is Cc1cc(NC2CCC(=O)NC2)c(Br)cc1N. The van der Waals surface area contributed by atoms with E-state index in [0.29, 0.717) is 13.0 Å². The molecule has 0 radical (unpaired) electrons. The Labute approximate surface area is 109 Å². The molecule has 1 fully saturated rings. The summed E-state index contributed by atoms with van der Waals surface area (Å²) >= 11 is 3.49. The lowest BCUT2D eigenvalue weighted by Gasteiger charge is -2.25. The maximum absolute atomic E-state index is 11.1. The highest BCUT2D eigenvalue weighted by Crippen LogP contribution is 2.28. The third kappa shape index (κ3) is 2.91. The molecular weight excluding hydrogens is 282 g/mol. The third-order valence-electron chi connectivity index (χ3n) is 2.98. The number of carbonyl (C=O) groups excluding carboxylic acids is 1. The van der Waals surface area contributed by atoms with Crippen LogP contribution in [-0.2, 0) is 4.79 Å². The number of halogens is 1. The monoisotopic (exact) mass is 297 g/mol. The van der Waals surface area contributed by atoms with Crippen LogP contribution in [0.4, 0.5) is 11.4 Å². The molecule has 4 nitrogen and oxygen atoms in total. The average Bonchev–Trinajstić information content (AvgIpc) is 2.29. The van der Waals surface area contributed by atoms with Crippen LogP contribution in [0.15, 0.2) is 16.6 Å². The number of aryl methyl sites for hydroxylation is 1. The van der Waals surface area contributed by atoms with Gasteiger partial charge in [-0.3, -0.25) is 4.79 Å². The molecule has 4 N–H and O–H groups in total. The minimum atomic E-state index is 0.135. The fourth-order valence-corrected chi connectivity index (χ4v) is 2.36. The van der Waals surface area contributed by atoms with Crippen molar-refractivity contribution >= 4 is 33.2 Å². The molecule has 1 atom stereocenters. The number of amides is 1. The fourth-order valence-electron chi connectivity index (χ4n) is 1.88. The standard InChI is InChI=1S/C12H16BrN3O/c1-7-4-11(9(13)5-10(7)14)16-8-2-3-12(17)15-6-8/h4-5,8,16H,2-3,6,14H2,1H3,(H,15,17). The molecule has 1 aromatic rings. The van der Waals surface area contributed by atoms with Crippen molar-refractivity contribution in [3.63, 3.8) is 0 Å². The van der Waals surface area contributed by atoms with Crippen LogP contribution in [0.2, 0.25) is 0 Å². The zero-order valence-electron chi connectivity index (χ0n) is 9.72. The Morgan fingerprint density at radius 2 is 2.29 bits per heavy atom. The van der Waals surface area contributed by atoms with Gasteiger partial charge in [0.15, 0.2) is 0 Å². The number of hydrogen-bond donors (Lipinski definition) is 3. The van der Waals surface area contributed by atoms with E-state index in [0.717, 1.165) is 27.8 Å². The lowest BCUT2D eigenvalue weighted by atomic mass is 10.1. The summed E-state index contributed by atoms with van der Waals surface area (Å²) in [6, 6.07) is 4.21.